The van der Waals surface area contributed by atoms with Gasteiger partial charge in [0.1, 0.15) is 11.7 Å². The van der Waals surface area contributed by atoms with Crippen molar-refractivity contribution in [2.45, 2.75) is 18.9 Å². The summed E-state index contributed by atoms with van der Waals surface area (Å²) in [7, 11) is 1.85. The third-order valence-corrected chi connectivity index (χ3v) is 4.85. The van der Waals surface area contributed by atoms with Gasteiger partial charge in [0.05, 0.1) is 12.2 Å². The minimum Gasteiger partial charge on any atom is -0.481 e. The number of nitrogen functional groups attached to an aromatic ring is 2. The number of hydrogen-bond acceptors (Lipinski definition) is 10. The minimum absolute atomic E-state index is 0.0650. The average Bonchev–Trinajstić information content (AvgIpc) is 2.76. The molecular formula is C20H24N8O5. The van der Waals surface area contributed by atoms with E-state index >= 15 is 0 Å². The second-order valence-electron chi connectivity index (χ2n) is 7.33. The first-order valence-electron chi connectivity index (χ1n) is 9.86. The number of aliphatic carboxylic acids is 2. The summed E-state index contributed by atoms with van der Waals surface area (Å²) < 4.78 is 0. The first-order chi connectivity index (χ1) is 15.6. The maximum absolute atomic E-state index is 12.4. The van der Waals surface area contributed by atoms with Crippen LogP contribution < -0.4 is 32.3 Å². The third kappa shape index (κ3) is 5.78. The number of carboxylic acids is 2. The van der Waals surface area contributed by atoms with E-state index < -0.39 is 23.9 Å². The average molecular weight is 456 g/mol. The van der Waals surface area contributed by atoms with E-state index in [-0.39, 0.29) is 30.2 Å². The molecule has 13 heteroatoms. The number of aromatic nitrogens is 2. The second kappa shape index (κ2) is 9.72. The van der Waals surface area contributed by atoms with Crippen LogP contribution in [0.15, 0.2) is 36.2 Å². The van der Waals surface area contributed by atoms with Crippen molar-refractivity contribution < 1.29 is 24.6 Å². The summed E-state index contributed by atoms with van der Waals surface area (Å²) in [6.07, 6.45) is 1.16. The van der Waals surface area contributed by atoms with Gasteiger partial charge in [-0.05, 0) is 30.7 Å². The summed E-state index contributed by atoms with van der Waals surface area (Å²) >= 11 is 0. The number of benzene rings is 1. The van der Waals surface area contributed by atoms with E-state index in [0.29, 0.717) is 18.1 Å². The van der Waals surface area contributed by atoms with Crippen molar-refractivity contribution >= 4 is 46.8 Å². The van der Waals surface area contributed by atoms with Gasteiger partial charge in [-0.25, -0.2) is 4.79 Å². The zero-order valence-electron chi connectivity index (χ0n) is 17.7. The van der Waals surface area contributed by atoms with Crippen molar-refractivity contribution in [2.75, 3.05) is 40.6 Å². The zero-order chi connectivity index (χ0) is 24.1. The van der Waals surface area contributed by atoms with Gasteiger partial charge in [0.15, 0.2) is 11.6 Å². The molecule has 1 aliphatic heterocycles. The normalized spacial score (nSPS) is 12.9. The lowest BCUT2D eigenvalue weighted by atomic mass is 10.1. The number of nitrogens with zero attached hydrogens (tertiary/aromatic N) is 3. The van der Waals surface area contributed by atoms with Crippen LogP contribution in [0.5, 0.6) is 0 Å². The standard InChI is InChI=1S/C20H24N8O5/c1-28(9-11-8-23-17-15(24-11)16(21)26-20(22)27-17)12-4-2-10(3-5-12)18(31)25-13(19(32)33)6-7-14(29)30/h2-5,8,13,24H,6-7,9H2,1H3,(H,25,31)(H,29,30)(H,32,33)(H5,21,22,23,26,27). The molecule has 1 unspecified atom stereocenters. The molecule has 0 fully saturated rings. The molecule has 0 aliphatic carbocycles. The molecule has 2 heterocycles. The maximum Gasteiger partial charge on any atom is 0.326 e. The molecule has 3 rings (SSSR count). The van der Waals surface area contributed by atoms with Gasteiger partial charge < -0.3 is 42.5 Å². The predicted octanol–water partition coefficient (Wildman–Crippen LogP) is 0.504. The molecule has 1 aromatic heterocycles. The van der Waals surface area contributed by atoms with Crippen LogP contribution in [0, 0.1) is 0 Å². The fourth-order valence-corrected chi connectivity index (χ4v) is 3.14. The number of carboxylic acid groups (broad SMARTS) is 2. The predicted molar refractivity (Wildman–Crippen MR) is 122 cm³/mol. The number of carbonyl (C=O) groups is 3. The monoisotopic (exact) mass is 456 g/mol. The van der Waals surface area contributed by atoms with E-state index in [4.69, 9.17) is 16.6 Å². The molecule has 2 aromatic rings. The van der Waals surface area contributed by atoms with Crippen molar-refractivity contribution in [3.8, 4) is 0 Å². The van der Waals surface area contributed by atoms with E-state index in [2.05, 4.69) is 25.9 Å². The topological polar surface area (TPSA) is 209 Å². The Morgan fingerprint density at radius 2 is 1.85 bits per heavy atom. The molecule has 13 nitrogen and oxygen atoms in total. The molecule has 0 spiro atoms. The Kier molecular flexibility index (Phi) is 6.81. The molecule has 1 atom stereocenters. The van der Waals surface area contributed by atoms with Crippen molar-refractivity contribution in [2.24, 2.45) is 0 Å². The Morgan fingerprint density at radius 1 is 1.15 bits per heavy atom. The van der Waals surface area contributed by atoms with Gasteiger partial charge in [-0.3, -0.25) is 9.59 Å². The molecule has 33 heavy (non-hydrogen) atoms. The first-order valence-corrected chi connectivity index (χ1v) is 9.86. The largest absolute Gasteiger partial charge is 0.481 e. The number of rotatable bonds is 9. The molecule has 0 radical (unpaired) electrons. The minimum atomic E-state index is -1.29. The summed E-state index contributed by atoms with van der Waals surface area (Å²) in [4.78, 5) is 44.3. The Bertz CT molecular complexity index is 1100. The number of amides is 1. The lowest BCUT2D eigenvalue weighted by molar-refractivity contribution is -0.140. The van der Waals surface area contributed by atoms with Crippen LogP contribution in [-0.2, 0) is 9.59 Å². The van der Waals surface area contributed by atoms with Gasteiger partial charge in [-0.2, -0.15) is 9.97 Å². The molecule has 1 aliphatic rings. The van der Waals surface area contributed by atoms with Crippen molar-refractivity contribution in [1.82, 2.24) is 15.3 Å². The quantitative estimate of drug-likeness (QED) is 0.275. The molecule has 0 saturated heterocycles. The van der Waals surface area contributed by atoms with Crippen LogP contribution in [0.25, 0.3) is 0 Å². The van der Waals surface area contributed by atoms with Crippen LogP contribution in [0.4, 0.5) is 29.0 Å². The van der Waals surface area contributed by atoms with Gasteiger partial charge in [0.2, 0.25) is 5.95 Å². The SMILES string of the molecule is CN(CC1=CNc2nc(N)nc(N)c2N1)c1ccc(C(=O)NC(CCC(=O)O)C(=O)O)cc1. The highest BCUT2D eigenvalue weighted by molar-refractivity contribution is 5.97. The highest BCUT2D eigenvalue weighted by Gasteiger charge is 2.22. The number of hydrogen-bond donors (Lipinski definition) is 7. The first kappa shape index (κ1) is 23.1. The highest BCUT2D eigenvalue weighted by Crippen LogP contribution is 2.30. The Labute approximate surface area is 188 Å². The highest BCUT2D eigenvalue weighted by atomic mass is 16.4. The van der Waals surface area contributed by atoms with E-state index in [1.165, 1.54) is 0 Å². The van der Waals surface area contributed by atoms with Gasteiger partial charge in [0.25, 0.3) is 5.91 Å². The Hall–Kier alpha value is -4.55. The van der Waals surface area contributed by atoms with E-state index in [1.54, 1.807) is 30.5 Å². The lowest BCUT2D eigenvalue weighted by Crippen LogP contribution is -2.41. The van der Waals surface area contributed by atoms with Gasteiger partial charge in [-0.15, -0.1) is 0 Å². The second-order valence-corrected chi connectivity index (χ2v) is 7.33. The third-order valence-electron chi connectivity index (χ3n) is 4.85. The lowest BCUT2D eigenvalue weighted by Gasteiger charge is -2.26. The summed E-state index contributed by atoms with van der Waals surface area (Å²) in [6.45, 7) is 0.456. The number of carbonyl (C=O) groups excluding carboxylic acids is 1. The number of nitrogens with two attached hydrogens (primary N) is 2. The Balaban J connectivity index is 1.61. The fourth-order valence-electron chi connectivity index (χ4n) is 3.14. The number of anilines is 5. The van der Waals surface area contributed by atoms with E-state index in [1.807, 2.05) is 11.9 Å². The van der Waals surface area contributed by atoms with E-state index in [0.717, 1.165) is 11.4 Å². The Morgan fingerprint density at radius 3 is 2.48 bits per heavy atom. The van der Waals surface area contributed by atoms with Crippen LogP contribution in [0.2, 0.25) is 0 Å². The molecule has 9 N–H and O–H groups in total. The number of fused-ring (bicyclic) bond motifs is 1. The number of likely N-dealkylation sites (N-methyl/N-ethyl adjacent to an activating group) is 1. The van der Waals surface area contributed by atoms with Gasteiger partial charge in [-0.1, -0.05) is 0 Å². The smallest absolute Gasteiger partial charge is 0.326 e. The van der Waals surface area contributed by atoms with Crippen molar-refractivity contribution in [3.63, 3.8) is 0 Å². The molecule has 174 valence electrons. The fraction of sp³-hybridized carbons (Fsp3) is 0.250. The van der Waals surface area contributed by atoms with Crippen molar-refractivity contribution in [1.29, 1.82) is 0 Å². The van der Waals surface area contributed by atoms with E-state index in [9.17, 15) is 19.5 Å². The maximum atomic E-state index is 12.4. The van der Waals surface area contributed by atoms with Crippen LogP contribution >= 0.6 is 0 Å². The molecular weight excluding hydrogens is 432 g/mol. The van der Waals surface area contributed by atoms with Gasteiger partial charge in [0, 0.05) is 30.9 Å². The molecule has 1 aromatic carbocycles. The summed E-state index contributed by atoms with van der Waals surface area (Å²) in [5.41, 5.74) is 13.9. The van der Waals surface area contributed by atoms with Crippen LogP contribution in [0.1, 0.15) is 23.2 Å². The zero-order valence-corrected chi connectivity index (χ0v) is 17.7. The van der Waals surface area contributed by atoms with Crippen molar-refractivity contribution in [3.05, 3.63) is 41.7 Å². The number of nitrogens with one attached hydrogen (secondary N) is 3. The summed E-state index contributed by atoms with van der Waals surface area (Å²) in [6, 6.07) is 5.25. The molecule has 0 saturated carbocycles. The van der Waals surface area contributed by atoms with Crippen LogP contribution in [0.3, 0.4) is 0 Å². The summed E-state index contributed by atoms with van der Waals surface area (Å²) in [5, 5.41) is 26.5. The van der Waals surface area contributed by atoms with Gasteiger partial charge >= 0.3 is 11.9 Å². The molecule has 0 bridgehead atoms. The van der Waals surface area contributed by atoms with Crippen LogP contribution in [-0.4, -0.2) is 57.7 Å². The molecule has 1 amide bonds. The summed E-state index contributed by atoms with van der Waals surface area (Å²) in [5.74, 6) is -2.27.